The fraction of sp³-hybridized carbons (Fsp3) is 0.381. The van der Waals surface area contributed by atoms with Crippen LogP contribution in [-0.4, -0.2) is 18.1 Å². The molecule has 2 atom stereocenters. The van der Waals surface area contributed by atoms with Crippen LogP contribution in [0, 0.1) is 5.92 Å². The van der Waals surface area contributed by atoms with E-state index in [4.69, 9.17) is 4.74 Å². The van der Waals surface area contributed by atoms with Gasteiger partial charge in [-0.15, -0.1) is 0 Å². The van der Waals surface area contributed by atoms with E-state index in [0.717, 1.165) is 11.4 Å². The summed E-state index contributed by atoms with van der Waals surface area (Å²) in [7, 11) is 0. The Morgan fingerprint density at radius 3 is 1.92 bits per heavy atom. The average molecular weight is 321 g/mol. The number of carbonyl (C=O) groups is 1. The number of epoxide rings is 1. The van der Waals surface area contributed by atoms with Crippen molar-refractivity contribution in [1.82, 2.24) is 0 Å². The molecule has 3 nitrogen and oxygen atoms in total. The molecule has 24 heavy (non-hydrogen) atoms. The molecule has 4 rings (SSSR count). The van der Waals surface area contributed by atoms with Crippen LogP contribution in [0.5, 0.6) is 0 Å². The van der Waals surface area contributed by atoms with Gasteiger partial charge < -0.3 is 4.74 Å². The molecule has 0 aromatic heterocycles. The standard InChI is InChI=1S/C21H23NO2/c23-21(20-19(24-20)16-10-4-1-5-11-16)22(17-12-6-2-7-13-17)18-14-8-3-9-15-18/h2-3,6-9,12-16,19-20H,1,4-5,10-11H2/t19-,20-/m0/s1. The fourth-order valence-corrected chi connectivity index (χ4v) is 3.83. The number of carbonyl (C=O) groups excluding carboxylic acids is 1. The summed E-state index contributed by atoms with van der Waals surface area (Å²) < 4.78 is 5.85. The average Bonchev–Trinajstić information content (AvgIpc) is 3.45. The zero-order valence-electron chi connectivity index (χ0n) is 13.8. The highest BCUT2D eigenvalue weighted by atomic mass is 16.6. The monoisotopic (exact) mass is 321 g/mol. The minimum Gasteiger partial charge on any atom is -0.359 e. The summed E-state index contributed by atoms with van der Waals surface area (Å²) in [5, 5.41) is 0. The van der Waals surface area contributed by atoms with Crippen LogP contribution in [0.15, 0.2) is 60.7 Å². The van der Waals surface area contributed by atoms with Crippen molar-refractivity contribution < 1.29 is 9.53 Å². The largest absolute Gasteiger partial charge is 0.359 e. The van der Waals surface area contributed by atoms with E-state index >= 15 is 0 Å². The quantitative estimate of drug-likeness (QED) is 0.765. The van der Waals surface area contributed by atoms with E-state index in [0.29, 0.717) is 5.92 Å². The molecule has 1 aliphatic carbocycles. The lowest BCUT2D eigenvalue weighted by Crippen LogP contribution is -2.32. The van der Waals surface area contributed by atoms with Gasteiger partial charge in [0, 0.05) is 11.4 Å². The molecule has 0 bridgehead atoms. The van der Waals surface area contributed by atoms with Crippen LogP contribution in [0.4, 0.5) is 11.4 Å². The molecule has 2 aliphatic rings. The summed E-state index contributed by atoms with van der Waals surface area (Å²) in [6.07, 6.45) is 6.10. The first-order chi connectivity index (χ1) is 11.8. The van der Waals surface area contributed by atoms with Gasteiger partial charge in [-0.1, -0.05) is 55.7 Å². The molecular weight excluding hydrogens is 298 g/mol. The topological polar surface area (TPSA) is 32.8 Å². The molecule has 2 aromatic rings. The third-order valence-electron chi connectivity index (χ3n) is 5.13. The molecule has 2 fully saturated rings. The first-order valence-electron chi connectivity index (χ1n) is 8.94. The summed E-state index contributed by atoms with van der Waals surface area (Å²) in [5.74, 6) is 0.615. The Balaban J connectivity index is 1.57. The Kier molecular flexibility index (Phi) is 4.35. The van der Waals surface area contributed by atoms with Gasteiger partial charge in [0.1, 0.15) is 0 Å². The van der Waals surface area contributed by atoms with Crippen LogP contribution >= 0.6 is 0 Å². The van der Waals surface area contributed by atoms with Gasteiger partial charge >= 0.3 is 0 Å². The van der Waals surface area contributed by atoms with Crippen molar-refractivity contribution in [2.45, 2.75) is 44.3 Å². The number of para-hydroxylation sites is 2. The number of anilines is 2. The van der Waals surface area contributed by atoms with Gasteiger partial charge in [0.2, 0.25) is 0 Å². The SMILES string of the molecule is O=C([C@H]1O[C@H]1C1CCCCC1)N(c1ccccc1)c1ccccc1. The zero-order chi connectivity index (χ0) is 16.4. The van der Waals surface area contributed by atoms with E-state index in [9.17, 15) is 4.79 Å². The molecule has 1 saturated carbocycles. The summed E-state index contributed by atoms with van der Waals surface area (Å²) in [6, 6.07) is 19.7. The highest BCUT2D eigenvalue weighted by molar-refractivity contribution is 6.04. The Morgan fingerprint density at radius 1 is 0.833 bits per heavy atom. The highest BCUT2D eigenvalue weighted by Crippen LogP contribution is 2.40. The molecule has 1 amide bonds. The predicted octanol–water partition coefficient (Wildman–Crippen LogP) is 4.70. The van der Waals surface area contributed by atoms with E-state index in [-0.39, 0.29) is 18.1 Å². The predicted molar refractivity (Wildman–Crippen MR) is 95.3 cm³/mol. The minimum atomic E-state index is -0.284. The Bertz CT molecular complexity index is 640. The Morgan fingerprint density at radius 2 is 1.38 bits per heavy atom. The van der Waals surface area contributed by atoms with Crippen molar-refractivity contribution in [3.8, 4) is 0 Å². The van der Waals surface area contributed by atoms with E-state index < -0.39 is 0 Å². The second-order valence-electron chi connectivity index (χ2n) is 6.76. The van der Waals surface area contributed by atoms with Gasteiger partial charge in [0.25, 0.3) is 5.91 Å². The first kappa shape index (κ1) is 15.4. The number of amides is 1. The smallest absolute Gasteiger partial charge is 0.263 e. The third-order valence-corrected chi connectivity index (χ3v) is 5.13. The molecule has 2 aromatic carbocycles. The number of rotatable bonds is 4. The minimum absolute atomic E-state index is 0.0583. The molecule has 0 spiro atoms. The molecule has 1 aliphatic heterocycles. The van der Waals surface area contributed by atoms with Crippen molar-refractivity contribution in [1.29, 1.82) is 0 Å². The number of nitrogens with zero attached hydrogens (tertiary/aromatic N) is 1. The Labute approximate surface area is 143 Å². The zero-order valence-corrected chi connectivity index (χ0v) is 13.8. The summed E-state index contributed by atoms with van der Waals surface area (Å²) in [6.45, 7) is 0. The summed E-state index contributed by atoms with van der Waals surface area (Å²) >= 11 is 0. The van der Waals surface area contributed by atoms with Gasteiger partial charge in [0.05, 0.1) is 6.10 Å². The van der Waals surface area contributed by atoms with Gasteiger partial charge in [0.15, 0.2) is 6.10 Å². The lowest BCUT2D eigenvalue weighted by atomic mass is 9.86. The van der Waals surface area contributed by atoms with Gasteiger partial charge in [-0.3, -0.25) is 9.69 Å². The van der Waals surface area contributed by atoms with Crippen molar-refractivity contribution in [3.05, 3.63) is 60.7 Å². The van der Waals surface area contributed by atoms with Crippen molar-refractivity contribution in [2.75, 3.05) is 4.90 Å². The lowest BCUT2D eigenvalue weighted by molar-refractivity contribution is -0.119. The maximum absolute atomic E-state index is 13.2. The summed E-state index contributed by atoms with van der Waals surface area (Å²) in [5.41, 5.74) is 1.79. The highest BCUT2D eigenvalue weighted by Gasteiger charge is 2.51. The molecule has 0 unspecified atom stereocenters. The second kappa shape index (κ2) is 6.78. The van der Waals surface area contributed by atoms with Crippen LogP contribution in [-0.2, 0) is 9.53 Å². The number of hydrogen-bond donors (Lipinski definition) is 0. The van der Waals surface area contributed by atoms with Crippen molar-refractivity contribution >= 4 is 17.3 Å². The summed E-state index contributed by atoms with van der Waals surface area (Å²) in [4.78, 5) is 15.0. The van der Waals surface area contributed by atoms with Crippen LogP contribution in [0.25, 0.3) is 0 Å². The van der Waals surface area contributed by atoms with Crippen molar-refractivity contribution in [2.24, 2.45) is 5.92 Å². The number of ether oxygens (including phenoxy) is 1. The van der Waals surface area contributed by atoms with E-state index in [1.54, 1.807) is 4.90 Å². The van der Waals surface area contributed by atoms with E-state index in [1.807, 2.05) is 60.7 Å². The normalized spacial score (nSPS) is 23.7. The number of benzene rings is 2. The fourth-order valence-electron chi connectivity index (χ4n) is 3.83. The van der Waals surface area contributed by atoms with Crippen LogP contribution in [0.2, 0.25) is 0 Å². The van der Waals surface area contributed by atoms with Crippen molar-refractivity contribution in [3.63, 3.8) is 0 Å². The van der Waals surface area contributed by atoms with Crippen LogP contribution in [0.3, 0.4) is 0 Å². The van der Waals surface area contributed by atoms with Gasteiger partial charge in [-0.05, 0) is 43.0 Å². The van der Waals surface area contributed by atoms with Crippen LogP contribution < -0.4 is 4.90 Å². The molecule has 0 radical (unpaired) electrons. The molecule has 0 N–H and O–H groups in total. The molecular formula is C21H23NO2. The van der Waals surface area contributed by atoms with E-state index in [1.165, 1.54) is 32.1 Å². The second-order valence-corrected chi connectivity index (χ2v) is 6.76. The Hall–Kier alpha value is -2.13. The maximum atomic E-state index is 13.2. The maximum Gasteiger partial charge on any atom is 0.263 e. The van der Waals surface area contributed by atoms with E-state index in [2.05, 4.69) is 0 Å². The third kappa shape index (κ3) is 3.09. The van der Waals surface area contributed by atoms with Gasteiger partial charge in [-0.2, -0.15) is 0 Å². The van der Waals surface area contributed by atoms with Crippen LogP contribution in [0.1, 0.15) is 32.1 Å². The molecule has 1 heterocycles. The number of hydrogen-bond acceptors (Lipinski definition) is 2. The molecule has 1 saturated heterocycles. The lowest BCUT2D eigenvalue weighted by Gasteiger charge is -2.23. The molecule has 124 valence electrons. The van der Waals surface area contributed by atoms with Gasteiger partial charge in [-0.25, -0.2) is 0 Å². The molecule has 3 heteroatoms. The first-order valence-corrected chi connectivity index (χ1v) is 8.94.